The molecule has 0 aliphatic rings. The largest absolute Gasteiger partial charge is 0.477 e. The van der Waals surface area contributed by atoms with Crippen LogP contribution in [-0.2, 0) is 14.9 Å². The molecule has 0 aliphatic carbocycles. The summed E-state index contributed by atoms with van der Waals surface area (Å²) in [6.45, 7) is 7.79. The van der Waals surface area contributed by atoms with E-state index in [4.69, 9.17) is 0 Å². The summed E-state index contributed by atoms with van der Waals surface area (Å²) in [4.78, 5) is 12.3. The zero-order chi connectivity index (χ0) is 28.6. The number of carboxylic acid groups (broad SMARTS) is 1. The van der Waals surface area contributed by atoms with Crippen molar-refractivity contribution in [3.8, 4) is 0 Å². The molecule has 37 heavy (non-hydrogen) atoms. The van der Waals surface area contributed by atoms with Crippen molar-refractivity contribution in [2.75, 3.05) is 34.2 Å². The first-order valence-electron chi connectivity index (χ1n) is 14.8. The van der Waals surface area contributed by atoms with Crippen LogP contribution in [0.2, 0.25) is 0 Å². The van der Waals surface area contributed by atoms with E-state index in [1.165, 1.54) is 83.5 Å². The summed E-state index contributed by atoms with van der Waals surface area (Å²) in [5, 5.41) is 13.2. The third kappa shape index (κ3) is 13.3. The van der Waals surface area contributed by atoms with Gasteiger partial charge in [0.15, 0.2) is 4.75 Å². The maximum Gasteiger partial charge on any atom is 0.364 e. The predicted octanol–water partition coefficient (Wildman–Crippen LogP) is 6.67. The number of nitrogens with one attached hydrogen (secondary N) is 1. The lowest BCUT2D eigenvalue weighted by Crippen LogP contribution is -2.73. The molecule has 0 fully saturated rings. The second-order valence-electron chi connectivity index (χ2n) is 13.0. The molecule has 0 aromatic carbocycles. The molecule has 0 heterocycles. The number of nitrogens with zero attached hydrogens (tertiary/aromatic N) is 1. The number of aliphatic carboxylic acids is 1. The molecule has 0 rings (SSSR count). The van der Waals surface area contributed by atoms with Crippen LogP contribution in [0.3, 0.4) is 0 Å². The van der Waals surface area contributed by atoms with E-state index in [0.717, 1.165) is 19.3 Å². The van der Waals surface area contributed by atoms with Gasteiger partial charge in [0.25, 0.3) is 10.1 Å². The first kappa shape index (κ1) is 36.3. The Hall–Kier alpha value is -0.700. The van der Waals surface area contributed by atoms with Crippen LogP contribution in [0.25, 0.3) is 0 Å². The Morgan fingerprint density at radius 2 is 1.11 bits per heavy atom. The second kappa shape index (κ2) is 17.8. The van der Waals surface area contributed by atoms with Gasteiger partial charge in [-0.15, -0.1) is 0 Å². The van der Waals surface area contributed by atoms with Gasteiger partial charge in [0.2, 0.25) is 6.04 Å². The first-order chi connectivity index (χ1) is 17.1. The minimum absolute atomic E-state index is 0.111. The van der Waals surface area contributed by atoms with E-state index in [-0.39, 0.29) is 11.0 Å². The highest BCUT2D eigenvalue weighted by Gasteiger charge is 2.65. The maximum atomic E-state index is 12.7. The molecule has 7 nitrogen and oxygen atoms in total. The molecule has 0 spiro atoms. The van der Waals surface area contributed by atoms with E-state index in [1.54, 1.807) is 41.9 Å². The van der Waals surface area contributed by atoms with Crippen LogP contribution in [0.1, 0.15) is 130 Å². The molecule has 3 N–H and O–H groups in total. The minimum atomic E-state index is -4.69. The van der Waals surface area contributed by atoms with Gasteiger partial charge in [0.05, 0.1) is 21.1 Å². The van der Waals surface area contributed by atoms with Gasteiger partial charge in [-0.05, 0) is 18.4 Å². The van der Waals surface area contributed by atoms with E-state index in [0.29, 0.717) is 6.54 Å². The smallest absolute Gasteiger partial charge is 0.364 e. The van der Waals surface area contributed by atoms with Crippen LogP contribution in [-0.4, -0.2) is 73.6 Å². The van der Waals surface area contributed by atoms with Crippen LogP contribution in [0.15, 0.2) is 0 Å². The molecule has 0 radical (unpaired) electrons. The third-order valence-corrected chi connectivity index (χ3v) is 9.68. The van der Waals surface area contributed by atoms with Crippen molar-refractivity contribution in [3.63, 3.8) is 0 Å². The van der Waals surface area contributed by atoms with Crippen LogP contribution >= 0.6 is 0 Å². The molecule has 0 amide bonds. The molecule has 0 saturated heterocycles. The SMILES string of the molecule is CCCCCCCCCCCCCCCCCCNCC(C(C(=O)O)[N+](C)(C)C)(C(C)(C)C)S(=O)(=O)O. The van der Waals surface area contributed by atoms with Crippen molar-refractivity contribution >= 4 is 16.1 Å². The lowest BCUT2D eigenvalue weighted by Gasteiger charge is -2.49. The molecule has 2 unspecified atom stereocenters. The van der Waals surface area contributed by atoms with E-state index < -0.39 is 32.3 Å². The standard InChI is InChI=1S/C29H60N2O5S/c1-8-9-10-11-12-13-14-15-16-17-18-19-20-21-22-23-24-30-25-29(28(2,3)4,37(34,35)36)26(27(32)33)31(5,6)7/h26,30H,8-25H2,1-7H3,(H-,32,33,34,35,36)/p+1. The minimum Gasteiger partial charge on any atom is -0.477 e. The van der Waals surface area contributed by atoms with Gasteiger partial charge >= 0.3 is 5.97 Å². The Kier molecular flexibility index (Phi) is 17.5. The molecule has 0 aliphatic heterocycles. The van der Waals surface area contributed by atoms with Gasteiger partial charge in [-0.1, -0.05) is 124 Å². The molecule has 0 aromatic heterocycles. The second-order valence-corrected chi connectivity index (χ2v) is 14.6. The zero-order valence-electron chi connectivity index (χ0n) is 25.3. The fourth-order valence-electron chi connectivity index (χ4n) is 5.62. The monoisotopic (exact) mass is 549 g/mol. The number of likely N-dealkylation sites (N-methyl/N-ethyl adjacent to an activating group) is 1. The Bertz CT molecular complexity index is 713. The Morgan fingerprint density at radius 1 is 0.757 bits per heavy atom. The summed E-state index contributed by atoms with van der Waals surface area (Å²) in [6, 6.07) is -1.33. The number of hydrogen-bond acceptors (Lipinski definition) is 4. The van der Waals surface area contributed by atoms with Crippen molar-refractivity contribution in [2.24, 2.45) is 5.41 Å². The number of rotatable bonds is 23. The summed E-state index contributed by atoms with van der Waals surface area (Å²) < 4.78 is 33.9. The summed E-state index contributed by atoms with van der Waals surface area (Å²) in [5.41, 5.74) is -1.00. The van der Waals surface area contributed by atoms with Crippen molar-refractivity contribution in [3.05, 3.63) is 0 Å². The van der Waals surface area contributed by atoms with Crippen molar-refractivity contribution in [2.45, 2.75) is 141 Å². The lowest BCUT2D eigenvalue weighted by atomic mass is 9.74. The molecule has 0 bridgehead atoms. The van der Waals surface area contributed by atoms with E-state index in [9.17, 15) is 22.9 Å². The van der Waals surface area contributed by atoms with Crippen LogP contribution in [0.5, 0.6) is 0 Å². The summed E-state index contributed by atoms with van der Waals surface area (Å²) in [7, 11) is 0.265. The highest BCUT2D eigenvalue weighted by molar-refractivity contribution is 7.87. The Balaban J connectivity index is 4.33. The van der Waals surface area contributed by atoms with Crippen molar-refractivity contribution < 1.29 is 27.4 Å². The van der Waals surface area contributed by atoms with Gasteiger partial charge in [0, 0.05) is 6.54 Å². The van der Waals surface area contributed by atoms with Gasteiger partial charge in [-0.2, -0.15) is 8.42 Å². The fraction of sp³-hybridized carbons (Fsp3) is 0.966. The van der Waals surface area contributed by atoms with Crippen LogP contribution in [0, 0.1) is 5.41 Å². The molecule has 2 atom stereocenters. The maximum absolute atomic E-state index is 12.7. The molecule has 0 saturated carbocycles. The molecule has 8 heteroatoms. The van der Waals surface area contributed by atoms with Gasteiger partial charge in [-0.25, -0.2) is 4.79 Å². The number of unbranched alkanes of at least 4 members (excludes halogenated alkanes) is 15. The van der Waals surface area contributed by atoms with Crippen LogP contribution < -0.4 is 5.32 Å². The van der Waals surface area contributed by atoms with Gasteiger partial charge in [-0.3, -0.25) is 4.55 Å². The summed E-state index contributed by atoms with van der Waals surface area (Å²) >= 11 is 0. The van der Waals surface area contributed by atoms with Crippen molar-refractivity contribution in [1.29, 1.82) is 0 Å². The topological polar surface area (TPSA) is 104 Å². The van der Waals surface area contributed by atoms with E-state index >= 15 is 0 Å². The average Bonchev–Trinajstić information content (AvgIpc) is 2.74. The van der Waals surface area contributed by atoms with E-state index in [2.05, 4.69) is 12.2 Å². The number of hydrogen-bond donors (Lipinski definition) is 3. The zero-order valence-corrected chi connectivity index (χ0v) is 26.1. The fourth-order valence-corrected chi connectivity index (χ4v) is 7.38. The molecule has 222 valence electrons. The molecular formula is C29H61N2O5S+. The predicted molar refractivity (Wildman–Crippen MR) is 156 cm³/mol. The Morgan fingerprint density at radius 3 is 1.38 bits per heavy atom. The van der Waals surface area contributed by atoms with Crippen molar-refractivity contribution in [1.82, 2.24) is 5.32 Å². The normalized spacial score (nSPS) is 15.5. The van der Waals surface area contributed by atoms with Crippen LogP contribution in [0.4, 0.5) is 0 Å². The highest BCUT2D eigenvalue weighted by atomic mass is 32.2. The summed E-state index contributed by atoms with van der Waals surface area (Å²) in [6.07, 6.45) is 20.6. The third-order valence-electron chi connectivity index (χ3n) is 7.77. The van der Waals surface area contributed by atoms with E-state index in [1.807, 2.05) is 0 Å². The molecule has 0 aromatic rings. The van der Waals surface area contributed by atoms with Gasteiger partial charge in [0.1, 0.15) is 0 Å². The number of quaternary nitrogens is 1. The number of carboxylic acids is 1. The quantitative estimate of drug-likeness (QED) is 0.0747. The first-order valence-corrected chi connectivity index (χ1v) is 16.3. The summed E-state index contributed by atoms with van der Waals surface area (Å²) in [5.74, 6) is -1.23. The van der Waals surface area contributed by atoms with Gasteiger partial charge < -0.3 is 14.9 Å². The molecular weight excluding hydrogens is 488 g/mol. The Labute approximate surface area is 229 Å². The number of carbonyl (C=O) groups is 1. The average molecular weight is 550 g/mol. The lowest BCUT2D eigenvalue weighted by molar-refractivity contribution is -0.890. The highest BCUT2D eigenvalue weighted by Crippen LogP contribution is 2.42.